The molecule has 6 nitrogen and oxygen atoms in total. The van der Waals surface area contributed by atoms with Crippen molar-refractivity contribution in [2.45, 2.75) is 52.7 Å². The zero-order valence-electron chi connectivity index (χ0n) is 14.9. The monoisotopic (exact) mass is 329 g/mol. The van der Waals surface area contributed by atoms with Crippen molar-refractivity contribution in [1.82, 2.24) is 24.8 Å². The minimum atomic E-state index is 0.0154. The van der Waals surface area contributed by atoms with Gasteiger partial charge in [0, 0.05) is 43.6 Å². The highest BCUT2D eigenvalue weighted by molar-refractivity contribution is 5.13. The van der Waals surface area contributed by atoms with E-state index in [1.54, 1.807) is 0 Å². The lowest BCUT2D eigenvalue weighted by Crippen LogP contribution is -2.38. The topological polar surface area (TPSA) is 66.9 Å². The summed E-state index contributed by atoms with van der Waals surface area (Å²) < 4.78 is 5.94. The first-order chi connectivity index (χ1) is 11.6. The Morgan fingerprint density at radius 3 is 3.00 bits per heavy atom. The van der Waals surface area contributed by atoms with Gasteiger partial charge in [0.05, 0.1) is 12.3 Å². The summed E-state index contributed by atoms with van der Waals surface area (Å²) in [4.78, 5) is 19.2. The van der Waals surface area contributed by atoms with Gasteiger partial charge in [-0.1, -0.05) is 13.3 Å². The molecular weight excluding hydrogens is 302 g/mol. The molecule has 6 heteroatoms. The van der Waals surface area contributed by atoms with E-state index in [-0.39, 0.29) is 6.10 Å². The zero-order valence-corrected chi connectivity index (χ0v) is 14.9. The predicted molar refractivity (Wildman–Crippen MR) is 92.7 cm³/mol. The number of nitrogens with one attached hydrogen (secondary N) is 1. The van der Waals surface area contributed by atoms with Crippen LogP contribution in [0.5, 0.6) is 0 Å². The highest BCUT2D eigenvalue weighted by Gasteiger charge is 2.24. The van der Waals surface area contributed by atoms with Crippen LogP contribution in [0.25, 0.3) is 0 Å². The fourth-order valence-corrected chi connectivity index (χ4v) is 3.13. The fourth-order valence-electron chi connectivity index (χ4n) is 3.13. The van der Waals surface area contributed by atoms with E-state index < -0.39 is 0 Å². The van der Waals surface area contributed by atoms with Crippen LogP contribution in [0.2, 0.25) is 0 Å². The molecule has 1 aliphatic heterocycles. The Balaban J connectivity index is 1.62. The van der Waals surface area contributed by atoms with Crippen molar-refractivity contribution in [2.24, 2.45) is 0 Å². The predicted octanol–water partition coefficient (Wildman–Crippen LogP) is 2.73. The van der Waals surface area contributed by atoms with Crippen LogP contribution in [-0.4, -0.2) is 44.5 Å². The van der Waals surface area contributed by atoms with Crippen LogP contribution in [0.1, 0.15) is 54.6 Å². The maximum Gasteiger partial charge on any atom is 0.125 e. The van der Waals surface area contributed by atoms with Gasteiger partial charge < -0.3 is 9.72 Å². The third-order valence-electron chi connectivity index (χ3n) is 4.31. The van der Waals surface area contributed by atoms with Gasteiger partial charge in [0.15, 0.2) is 0 Å². The summed E-state index contributed by atoms with van der Waals surface area (Å²) in [7, 11) is 0. The third kappa shape index (κ3) is 4.39. The molecule has 1 N–H and O–H groups in total. The normalized spacial score (nSPS) is 18.9. The maximum absolute atomic E-state index is 5.94. The number of ether oxygens (including phenoxy) is 1. The molecule has 24 heavy (non-hydrogen) atoms. The first-order valence-corrected chi connectivity index (χ1v) is 8.83. The Bertz CT molecular complexity index is 649. The number of hydrogen-bond donors (Lipinski definition) is 1. The SMILES string of the molecule is CCCCc1ncc(CN2CCO[C@@H](c3cc(C)nc(C)n3)C2)[nH]1. The summed E-state index contributed by atoms with van der Waals surface area (Å²) in [5.74, 6) is 1.90. The van der Waals surface area contributed by atoms with Crippen molar-refractivity contribution in [2.75, 3.05) is 19.7 Å². The average Bonchev–Trinajstić information content (AvgIpc) is 2.99. The summed E-state index contributed by atoms with van der Waals surface area (Å²) in [5, 5.41) is 0. The zero-order chi connectivity index (χ0) is 16.9. The molecule has 1 fully saturated rings. The van der Waals surface area contributed by atoms with Gasteiger partial charge in [-0.15, -0.1) is 0 Å². The number of morpholine rings is 1. The third-order valence-corrected chi connectivity index (χ3v) is 4.31. The van der Waals surface area contributed by atoms with Crippen LogP contribution >= 0.6 is 0 Å². The molecule has 1 aliphatic rings. The van der Waals surface area contributed by atoms with Gasteiger partial charge in [0.25, 0.3) is 0 Å². The number of rotatable bonds is 6. The molecule has 0 radical (unpaired) electrons. The van der Waals surface area contributed by atoms with Gasteiger partial charge in [-0.3, -0.25) is 4.90 Å². The number of nitrogens with zero attached hydrogens (tertiary/aromatic N) is 4. The van der Waals surface area contributed by atoms with Gasteiger partial charge in [-0.05, 0) is 26.3 Å². The highest BCUT2D eigenvalue weighted by atomic mass is 16.5. The van der Waals surface area contributed by atoms with E-state index in [1.165, 1.54) is 18.5 Å². The van der Waals surface area contributed by atoms with E-state index >= 15 is 0 Å². The lowest BCUT2D eigenvalue weighted by atomic mass is 10.1. The Kier molecular flexibility index (Phi) is 5.58. The molecule has 0 aliphatic carbocycles. The lowest BCUT2D eigenvalue weighted by molar-refractivity contribution is -0.0354. The standard InChI is InChI=1S/C18H27N5O/c1-4-5-6-18-19-10-15(22-18)11-23-7-8-24-17(12-23)16-9-13(2)20-14(3)21-16/h9-10,17H,4-8,11-12H2,1-3H3,(H,19,22)/t17-/m1/s1. The summed E-state index contributed by atoms with van der Waals surface area (Å²) in [6.45, 7) is 9.52. The number of H-pyrrole nitrogens is 1. The molecule has 130 valence electrons. The number of unbranched alkanes of at least 4 members (excludes halogenated alkanes) is 1. The van der Waals surface area contributed by atoms with E-state index in [0.29, 0.717) is 0 Å². The Morgan fingerprint density at radius 2 is 2.21 bits per heavy atom. The molecule has 0 bridgehead atoms. The first kappa shape index (κ1) is 17.0. The van der Waals surface area contributed by atoms with E-state index in [1.807, 2.05) is 26.1 Å². The van der Waals surface area contributed by atoms with Gasteiger partial charge in [0.1, 0.15) is 17.8 Å². The molecular formula is C18H27N5O. The van der Waals surface area contributed by atoms with E-state index in [9.17, 15) is 0 Å². The summed E-state index contributed by atoms with van der Waals surface area (Å²) in [5.41, 5.74) is 3.15. The van der Waals surface area contributed by atoms with Crippen LogP contribution in [0.4, 0.5) is 0 Å². The molecule has 2 aromatic heterocycles. The Labute approximate surface area is 143 Å². The second-order valence-corrected chi connectivity index (χ2v) is 6.53. The summed E-state index contributed by atoms with van der Waals surface area (Å²) in [6, 6.07) is 2.03. The second kappa shape index (κ2) is 7.85. The van der Waals surface area contributed by atoms with Crippen LogP contribution in [0.3, 0.4) is 0 Å². The number of aryl methyl sites for hydroxylation is 3. The van der Waals surface area contributed by atoms with E-state index in [0.717, 1.165) is 55.7 Å². The van der Waals surface area contributed by atoms with E-state index in [2.05, 4.69) is 31.8 Å². The number of hydrogen-bond acceptors (Lipinski definition) is 5. The van der Waals surface area contributed by atoms with Crippen molar-refractivity contribution in [3.63, 3.8) is 0 Å². The smallest absolute Gasteiger partial charge is 0.125 e. The van der Waals surface area contributed by atoms with Gasteiger partial charge >= 0.3 is 0 Å². The van der Waals surface area contributed by atoms with Crippen LogP contribution in [0.15, 0.2) is 12.3 Å². The molecule has 3 heterocycles. The minimum absolute atomic E-state index is 0.0154. The molecule has 2 aromatic rings. The van der Waals surface area contributed by atoms with Crippen molar-refractivity contribution in [3.8, 4) is 0 Å². The average molecular weight is 329 g/mol. The molecule has 1 saturated heterocycles. The highest BCUT2D eigenvalue weighted by Crippen LogP contribution is 2.22. The second-order valence-electron chi connectivity index (χ2n) is 6.53. The van der Waals surface area contributed by atoms with Crippen molar-refractivity contribution in [1.29, 1.82) is 0 Å². The number of aromatic amines is 1. The number of aromatic nitrogens is 4. The largest absolute Gasteiger partial charge is 0.369 e. The minimum Gasteiger partial charge on any atom is -0.369 e. The maximum atomic E-state index is 5.94. The molecule has 0 amide bonds. The Morgan fingerprint density at radius 1 is 1.33 bits per heavy atom. The molecule has 0 unspecified atom stereocenters. The molecule has 3 rings (SSSR count). The van der Waals surface area contributed by atoms with Gasteiger partial charge in [-0.2, -0.15) is 0 Å². The quantitative estimate of drug-likeness (QED) is 0.882. The van der Waals surface area contributed by atoms with E-state index in [4.69, 9.17) is 4.74 Å². The van der Waals surface area contributed by atoms with Crippen LogP contribution in [-0.2, 0) is 17.7 Å². The number of imidazole rings is 1. The summed E-state index contributed by atoms with van der Waals surface area (Å²) >= 11 is 0. The molecule has 0 aromatic carbocycles. The van der Waals surface area contributed by atoms with Gasteiger partial charge in [0.2, 0.25) is 0 Å². The molecule has 1 atom stereocenters. The summed E-state index contributed by atoms with van der Waals surface area (Å²) in [6.07, 6.45) is 5.38. The lowest BCUT2D eigenvalue weighted by Gasteiger charge is -2.32. The first-order valence-electron chi connectivity index (χ1n) is 8.83. The van der Waals surface area contributed by atoms with Crippen molar-refractivity contribution < 1.29 is 4.74 Å². The molecule has 0 spiro atoms. The van der Waals surface area contributed by atoms with Gasteiger partial charge in [-0.25, -0.2) is 15.0 Å². The van der Waals surface area contributed by atoms with Crippen molar-refractivity contribution >= 4 is 0 Å². The van der Waals surface area contributed by atoms with Crippen molar-refractivity contribution in [3.05, 3.63) is 41.0 Å². The van der Waals surface area contributed by atoms with Crippen LogP contribution < -0.4 is 0 Å². The Hall–Kier alpha value is -1.79. The van der Waals surface area contributed by atoms with Crippen LogP contribution in [0, 0.1) is 13.8 Å². The fraction of sp³-hybridized carbons (Fsp3) is 0.611. The molecule has 0 saturated carbocycles.